The van der Waals surface area contributed by atoms with Crippen LogP contribution >= 0.6 is 11.3 Å². The summed E-state index contributed by atoms with van der Waals surface area (Å²) in [5.41, 5.74) is 0.622. The Hall–Kier alpha value is -1.75. The van der Waals surface area contributed by atoms with Crippen LogP contribution < -0.4 is 4.74 Å². The smallest absolute Gasteiger partial charge is 0.257 e. The third-order valence-corrected chi connectivity index (χ3v) is 3.96. The van der Waals surface area contributed by atoms with E-state index < -0.39 is 0 Å². The monoisotopic (exact) mass is 277 g/mol. The van der Waals surface area contributed by atoms with Crippen LogP contribution in [0.2, 0.25) is 0 Å². The van der Waals surface area contributed by atoms with Crippen LogP contribution in [0.4, 0.5) is 0 Å². The van der Waals surface area contributed by atoms with Crippen molar-refractivity contribution in [3.8, 4) is 5.75 Å². The molecule has 0 N–H and O–H groups in total. The molecule has 0 saturated carbocycles. The van der Waals surface area contributed by atoms with Gasteiger partial charge in [-0.15, -0.1) is 11.3 Å². The summed E-state index contributed by atoms with van der Waals surface area (Å²) in [5, 5.41) is 4.01. The maximum absolute atomic E-state index is 12.1. The van der Waals surface area contributed by atoms with E-state index in [0.29, 0.717) is 5.56 Å². The molecule has 1 amide bonds. The normalized spacial score (nSPS) is 16.5. The Kier molecular flexibility index (Phi) is 3.55. The van der Waals surface area contributed by atoms with Crippen LogP contribution in [0.5, 0.6) is 5.75 Å². The van der Waals surface area contributed by atoms with Crippen molar-refractivity contribution in [1.82, 2.24) is 4.90 Å². The van der Waals surface area contributed by atoms with Crippen molar-refractivity contribution in [2.24, 2.45) is 0 Å². The van der Waals surface area contributed by atoms with Crippen molar-refractivity contribution in [3.63, 3.8) is 0 Å². The molecule has 0 atom stereocenters. The minimum absolute atomic E-state index is 0.0442. The Morgan fingerprint density at radius 2 is 2.21 bits per heavy atom. The number of hydrogen-bond donors (Lipinski definition) is 0. The van der Waals surface area contributed by atoms with Gasteiger partial charge in [0.1, 0.15) is 18.1 Å². The third-order valence-electron chi connectivity index (χ3n) is 3.30. The number of hydrogen-bond acceptors (Lipinski definition) is 4. The molecule has 0 spiro atoms. The topological polar surface area (TPSA) is 42.7 Å². The summed E-state index contributed by atoms with van der Waals surface area (Å²) >= 11 is 1.63. The number of furan rings is 1. The number of ether oxygens (including phenoxy) is 1. The molecule has 1 aliphatic heterocycles. The molecule has 1 saturated heterocycles. The number of thiophene rings is 1. The average Bonchev–Trinajstić information content (AvgIpc) is 3.12. The van der Waals surface area contributed by atoms with Crippen molar-refractivity contribution >= 4 is 17.2 Å². The summed E-state index contributed by atoms with van der Waals surface area (Å²) in [6, 6.07) is 3.68. The van der Waals surface area contributed by atoms with Gasteiger partial charge in [0.2, 0.25) is 0 Å². The molecule has 0 radical (unpaired) electrons. The Labute approximate surface area is 115 Å². The van der Waals surface area contributed by atoms with Gasteiger partial charge in [-0.25, -0.2) is 0 Å². The van der Waals surface area contributed by atoms with Crippen molar-refractivity contribution in [2.45, 2.75) is 18.9 Å². The first-order chi connectivity index (χ1) is 9.33. The van der Waals surface area contributed by atoms with E-state index in [1.54, 1.807) is 17.4 Å². The molecule has 0 aliphatic carbocycles. The zero-order valence-electron chi connectivity index (χ0n) is 10.5. The largest absolute Gasteiger partial charge is 0.489 e. The molecule has 1 fully saturated rings. The molecule has 3 rings (SSSR count). The quantitative estimate of drug-likeness (QED) is 0.866. The van der Waals surface area contributed by atoms with Crippen molar-refractivity contribution in [2.75, 3.05) is 13.1 Å². The highest BCUT2D eigenvalue weighted by Gasteiger charge is 2.25. The van der Waals surface area contributed by atoms with Crippen LogP contribution in [-0.4, -0.2) is 30.0 Å². The number of carbonyl (C=O) groups is 1. The highest BCUT2D eigenvalue weighted by Crippen LogP contribution is 2.22. The molecule has 2 aromatic rings. The van der Waals surface area contributed by atoms with Gasteiger partial charge in [-0.1, -0.05) is 0 Å². The van der Waals surface area contributed by atoms with E-state index in [1.807, 2.05) is 21.7 Å². The second-order valence-corrected chi connectivity index (χ2v) is 5.36. The van der Waals surface area contributed by atoms with Gasteiger partial charge in [0.15, 0.2) is 0 Å². The highest BCUT2D eigenvalue weighted by atomic mass is 32.1. The summed E-state index contributed by atoms with van der Waals surface area (Å²) in [6.45, 7) is 1.47. The van der Waals surface area contributed by atoms with Gasteiger partial charge < -0.3 is 14.1 Å². The lowest BCUT2D eigenvalue weighted by Gasteiger charge is -2.31. The van der Waals surface area contributed by atoms with Gasteiger partial charge in [-0.05, 0) is 17.5 Å². The zero-order valence-corrected chi connectivity index (χ0v) is 11.3. The molecular weight excluding hydrogens is 262 g/mol. The van der Waals surface area contributed by atoms with Crippen molar-refractivity contribution in [1.29, 1.82) is 0 Å². The van der Waals surface area contributed by atoms with E-state index in [0.717, 1.165) is 31.7 Å². The highest BCUT2D eigenvalue weighted by molar-refractivity contribution is 7.08. The fourth-order valence-electron chi connectivity index (χ4n) is 2.26. The molecule has 100 valence electrons. The van der Waals surface area contributed by atoms with E-state index in [2.05, 4.69) is 0 Å². The first-order valence-electron chi connectivity index (χ1n) is 6.33. The molecular formula is C14H15NO3S. The molecule has 0 bridgehead atoms. The van der Waals surface area contributed by atoms with Gasteiger partial charge >= 0.3 is 0 Å². The first-order valence-corrected chi connectivity index (χ1v) is 7.27. The molecule has 1 aliphatic rings. The summed E-state index contributed by atoms with van der Waals surface area (Å²) in [6.07, 6.45) is 4.98. The number of piperidine rings is 1. The summed E-state index contributed by atoms with van der Waals surface area (Å²) in [5.74, 6) is 0.979. The second kappa shape index (κ2) is 5.48. The predicted molar refractivity (Wildman–Crippen MR) is 72.6 cm³/mol. The SMILES string of the molecule is O=C(c1ccoc1)N1CCC(Oc2ccsc2)CC1. The number of carbonyl (C=O) groups excluding carboxylic acids is 1. The Morgan fingerprint density at radius 1 is 1.37 bits per heavy atom. The molecule has 0 aromatic carbocycles. The van der Waals surface area contributed by atoms with Crippen molar-refractivity contribution < 1.29 is 13.9 Å². The average molecular weight is 277 g/mol. The van der Waals surface area contributed by atoms with Crippen LogP contribution in [0.15, 0.2) is 39.8 Å². The molecule has 4 nitrogen and oxygen atoms in total. The Balaban J connectivity index is 1.53. The van der Waals surface area contributed by atoms with Crippen LogP contribution in [0.25, 0.3) is 0 Å². The molecule has 5 heteroatoms. The lowest BCUT2D eigenvalue weighted by molar-refractivity contribution is 0.0596. The maximum Gasteiger partial charge on any atom is 0.257 e. The molecule has 19 heavy (non-hydrogen) atoms. The minimum atomic E-state index is 0.0442. The summed E-state index contributed by atoms with van der Waals surface area (Å²) < 4.78 is 10.8. The standard InChI is InChI=1S/C14H15NO3S/c16-14(11-3-7-17-9-11)15-5-1-12(2-6-15)18-13-4-8-19-10-13/h3-4,7-10,12H,1-2,5-6H2. The fraction of sp³-hybridized carbons (Fsp3) is 0.357. The Bertz CT molecular complexity index is 513. The van der Waals surface area contributed by atoms with Crippen LogP contribution in [-0.2, 0) is 0 Å². The minimum Gasteiger partial charge on any atom is -0.489 e. The zero-order chi connectivity index (χ0) is 13.1. The van der Waals surface area contributed by atoms with Crippen molar-refractivity contribution in [3.05, 3.63) is 41.0 Å². The number of nitrogens with zero attached hydrogens (tertiary/aromatic N) is 1. The van der Waals surface area contributed by atoms with E-state index >= 15 is 0 Å². The summed E-state index contributed by atoms with van der Waals surface area (Å²) in [7, 11) is 0. The number of likely N-dealkylation sites (tertiary alicyclic amines) is 1. The lowest BCUT2D eigenvalue weighted by atomic mass is 10.1. The van der Waals surface area contributed by atoms with E-state index in [4.69, 9.17) is 9.15 Å². The third kappa shape index (κ3) is 2.81. The fourth-order valence-corrected chi connectivity index (χ4v) is 2.82. The van der Waals surface area contributed by atoms with Crippen LogP contribution in [0, 0.1) is 0 Å². The van der Waals surface area contributed by atoms with E-state index in [9.17, 15) is 4.79 Å². The molecule has 0 unspecified atom stereocenters. The maximum atomic E-state index is 12.1. The predicted octanol–water partition coefficient (Wildman–Crippen LogP) is 3.02. The Morgan fingerprint density at radius 3 is 2.84 bits per heavy atom. The van der Waals surface area contributed by atoms with E-state index in [-0.39, 0.29) is 12.0 Å². The first kappa shape index (κ1) is 12.3. The second-order valence-electron chi connectivity index (χ2n) is 4.58. The van der Waals surface area contributed by atoms with Crippen LogP contribution in [0.3, 0.4) is 0 Å². The van der Waals surface area contributed by atoms with E-state index in [1.165, 1.54) is 12.5 Å². The van der Waals surface area contributed by atoms with Gasteiger partial charge in [-0.3, -0.25) is 4.79 Å². The number of rotatable bonds is 3. The van der Waals surface area contributed by atoms with Gasteiger partial charge in [0.05, 0.1) is 11.8 Å². The molecule has 3 heterocycles. The van der Waals surface area contributed by atoms with Gasteiger partial charge in [0.25, 0.3) is 5.91 Å². The number of amides is 1. The van der Waals surface area contributed by atoms with Gasteiger partial charge in [0, 0.05) is 31.3 Å². The van der Waals surface area contributed by atoms with Crippen LogP contribution in [0.1, 0.15) is 23.2 Å². The lowest BCUT2D eigenvalue weighted by Crippen LogP contribution is -2.41. The molecule has 2 aromatic heterocycles. The van der Waals surface area contributed by atoms with Gasteiger partial charge in [-0.2, -0.15) is 0 Å². The summed E-state index contributed by atoms with van der Waals surface area (Å²) in [4.78, 5) is 14.0.